The van der Waals surface area contributed by atoms with Crippen LogP contribution in [-0.4, -0.2) is 33.3 Å². The summed E-state index contributed by atoms with van der Waals surface area (Å²) in [4.78, 5) is 12.2. The minimum absolute atomic E-state index is 0.00852. The molecule has 2 aromatic carbocycles. The molecule has 0 unspecified atom stereocenters. The summed E-state index contributed by atoms with van der Waals surface area (Å²) in [6.07, 6.45) is 0. The molecule has 2 aromatic rings. The van der Waals surface area contributed by atoms with E-state index in [1.807, 2.05) is 0 Å². The number of methoxy groups -OCH3 is 1. The first-order valence-corrected chi connectivity index (χ1v) is 5.60. The smallest absolute Gasteiger partial charge is 0.202 e. The predicted octanol–water partition coefficient (Wildman–Crippen LogP) is 1.75. The van der Waals surface area contributed by atoms with Crippen LogP contribution in [0.5, 0.6) is 28.7 Å². The monoisotopic (exact) mass is 276 g/mol. The number of phenols is 4. The van der Waals surface area contributed by atoms with Gasteiger partial charge in [-0.25, -0.2) is 0 Å². The Kier molecular flexibility index (Phi) is 3.39. The van der Waals surface area contributed by atoms with Crippen LogP contribution < -0.4 is 4.74 Å². The van der Waals surface area contributed by atoms with Gasteiger partial charge >= 0.3 is 0 Å². The Morgan fingerprint density at radius 2 is 1.30 bits per heavy atom. The third-order valence-corrected chi connectivity index (χ3v) is 2.68. The van der Waals surface area contributed by atoms with E-state index in [0.717, 1.165) is 18.2 Å². The minimum atomic E-state index is -0.579. The van der Waals surface area contributed by atoms with Crippen molar-refractivity contribution in [2.45, 2.75) is 0 Å². The van der Waals surface area contributed by atoms with E-state index in [1.165, 1.54) is 19.2 Å². The molecule has 0 radical (unpaired) electrons. The average Bonchev–Trinajstić information content (AvgIpc) is 2.36. The van der Waals surface area contributed by atoms with E-state index >= 15 is 0 Å². The van der Waals surface area contributed by atoms with E-state index in [-0.39, 0.29) is 39.9 Å². The number of carbonyl (C=O) groups is 1. The van der Waals surface area contributed by atoms with E-state index in [1.54, 1.807) is 0 Å². The van der Waals surface area contributed by atoms with Crippen LogP contribution in [-0.2, 0) is 0 Å². The molecule has 0 amide bonds. The SMILES string of the molecule is COc1c(O)cc(C(=O)c2cc(O)cc(O)c2)cc1O. The molecule has 6 heteroatoms. The van der Waals surface area contributed by atoms with Crippen molar-refractivity contribution in [1.29, 1.82) is 0 Å². The highest BCUT2D eigenvalue weighted by Gasteiger charge is 2.17. The first-order chi connectivity index (χ1) is 9.42. The Morgan fingerprint density at radius 1 is 0.850 bits per heavy atom. The molecule has 0 aliphatic rings. The number of ketones is 1. The Hall–Kier alpha value is -2.89. The summed E-state index contributed by atoms with van der Waals surface area (Å²) in [7, 11) is 1.27. The molecule has 0 saturated heterocycles. The molecule has 6 nitrogen and oxygen atoms in total. The molecule has 0 aromatic heterocycles. The van der Waals surface area contributed by atoms with Gasteiger partial charge in [0.25, 0.3) is 0 Å². The van der Waals surface area contributed by atoms with Crippen LogP contribution in [0.2, 0.25) is 0 Å². The number of aromatic hydroxyl groups is 4. The van der Waals surface area contributed by atoms with Crippen LogP contribution in [0.3, 0.4) is 0 Å². The number of benzene rings is 2. The molecule has 0 bridgehead atoms. The van der Waals surface area contributed by atoms with E-state index in [9.17, 15) is 25.2 Å². The quantitative estimate of drug-likeness (QED) is 0.636. The molecule has 0 heterocycles. The van der Waals surface area contributed by atoms with Gasteiger partial charge in [-0.15, -0.1) is 0 Å². The van der Waals surface area contributed by atoms with Crippen molar-refractivity contribution in [2.24, 2.45) is 0 Å². The highest BCUT2D eigenvalue weighted by Crippen LogP contribution is 2.37. The van der Waals surface area contributed by atoms with E-state index in [2.05, 4.69) is 0 Å². The van der Waals surface area contributed by atoms with Gasteiger partial charge in [0.05, 0.1) is 7.11 Å². The third kappa shape index (κ3) is 2.44. The second-order valence-electron chi connectivity index (χ2n) is 4.11. The Morgan fingerprint density at radius 3 is 1.75 bits per heavy atom. The zero-order valence-corrected chi connectivity index (χ0v) is 10.5. The zero-order valence-electron chi connectivity index (χ0n) is 10.5. The summed E-state index contributed by atoms with van der Waals surface area (Å²) in [5.41, 5.74) is 0.0114. The summed E-state index contributed by atoms with van der Waals surface area (Å²) < 4.78 is 4.76. The molecule has 4 N–H and O–H groups in total. The summed E-state index contributed by atoms with van der Waals surface area (Å²) in [6.45, 7) is 0. The molecule has 20 heavy (non-hydrogen) atoms. The number of rotatable bonds is 3. The maximum atomic E-state index is 12.2. The van der Waals surface area contributed by atoms with Crippen LogP contribution in [0, 0.1) is 0 Å². The van der Waals surface area contributed by atoms with Crippen LogP contribution in [0.15, 0.2) is 30.3 Å². The molecule has 2 rings (SSSR count). The summed E-state index contributed by atoms with van der Waals surface area (Å²) >= 11 is 0. The van der Waals surface area contributed by atoms with Crippen molar-refractivity contribution in [3.8, 4) is 28.7 Å². The van der Waals surface area contributed by atoms with Crippen LogP contribution in [0.25, 0.3) is 0 Å². The first kappa shape index (κ1) is 13.5. The lowest BCUT2D eigenvalue weighted by Crippen LogP contribution is -2.01. The summed E-state index contributed by atoms with van der Waals surface area (Å²) in [5, 5.41) is 38.0. The van der Waals surface area contributed by atoms with Gasteiger partial charge in [0, 0.05) is 17.2 Å². The van der Waals surface area contributed by atoms with E-state index in [0.29, 0.717) is 0 Å². The van der Waals surface area contributed by atoms with Gasteiger partial charge in [0.15, 0.2) is 17.3 Å². The minimum Gasteiger partial charge on any atom is -0.508 e. The molecule has 0 aliphatic heterocycles. The highest BCUT2D eigenvalue weighted by atomic mass is 16.5. The van der Waals surface area contributed by atoms with Crippen molar-refractivity contribution >= 4 is 5.78 Å². The molecular weight excluding hydrogens is 264 g/mol. The van der Waals surface area contributed by atoms with Gasteiger partial charge in [-0.3, -0.25) is 4.79 Å². The van der Waals surface area contributed by atoms with Crippen LogP contribution >= 0.6 is 0 Å². The third-order valence-electron chi connectivity index (χ3n) is 2.68. The normalized spacial score (nSPS) is 10.2. The fourth-order valence-electron chi connectivity index (χ4n) is 1.83. The molecule has 104 valence electrons. The zero-order chi connectivity index (χ0) is 14.9. The second kappa shape index (κ2) is 5.00. The van der Waals surface area contributed by atoms with Crippen molar-refractivity contribution in [3.63, 3.8) is 0 Å². The molecule has 0 atom stereocenters. The van der Waals surface area contributed by atoms with Crippen LogP contribution in [0.1, 0.15) is 15.9 Å². The molecule has 0 aliphatic carbocycles. The highest BCUT2D eigenvalue weighted by molar-refractivity contribution is 6.10. The topological polar surface area (TPSA) is 107 Å². The van der Waals surface area contributed by atoms with Crippen molar-refractivity contribution in [1.82, 2.24) is 0 Å². The Labute approximate surface area is 114 Å². The second-order valence-corrected chi connectivity index (χ2v) is 4.11. The van der Waals surface area contributed by atoms with Crippen molar-refractivity contribution in [3.05, 3.63) is 41.5 Å². The molecular formula is C14H12O6. The predicted molar refractivity (Wildman–Crippen MR) is 69.5 cm³/mol. The lowest BCUT2D eigenvalue weighted by molar-refractivity contribution is 0.103. The lowest BCUT2D eigenvalue weighted by Gasteiger charge is -2.09. The fourth-order valence-corrected chi connectivity index (χ4v) is 1.83. The Bertz CT molecular complexity index is 634. The summed E-state index contributed by atoms with van der Waals surface area (Å²) in [5.74, 6) is -2.03. The summed E-state index contributed by atoms with van der Waals surface area (Å²) in [6, 6.07) is 5.67. The molecule has 0 spiro atoms. The maximum absolute atomic E-state index is 12.2. The van der Waals surface area contributed by atoms with Gasteiger partial charge in [0.1, 0.15) is 11.5 Å². The van der Waals surface area contributed by atoms with Gasteiger partial charge < -0.3 is 25.2 Å². The molecule has 0 fully saturated rings. The standard InChI is InChI=1S/C14H12O6/c1-20-14-11(17)4-8(5-12(14)18)13(19)7-2-9(15)6-10(16)3-7/h2-6,15-18H,1H3. The fraction of sp³-hybridized carbons (Fsp3) is 0.0714. The largest absolute Gasteiger partial charge is 0.508 e. The lowest BCUT2D eigenvalue weighted by atomic mass is 10.0. The van der Waals surface area contributed by atoms with Gasteiger partial charge in [-0.05, 0) is 24.3 Å². The van der Waals surface area contributed by atoms with Crippen LogP contribution in [0.4, 0.5) is 0 Å². The Balaban J connectivity index is 2.48. The average molecular weight is 276 g/mol. The number of hydrogen-bond donors (Lipinski definition) is 4. The van der Waals surface area contributed by atoms with Gasteiger partial charge in [-0.1, -0.05) is 0 Å². The number of hydrogen-bond acceptors (Lipinski definition) is 6. The number of carbonyl (C=O) groups excluding carboxylic acids is 1. The van der Waals surface area contributed by atoms with E-state index < -0.39 is 5.78 Å². The first-order valence-electron chi connectivity index (χ1n) is 5.60. The van der Waals surface area contributed by atoms with Crippen molar-refractivity contribution < 1.29 is 30.0 Å². The van der Waals surface area contributed by atoms with Gasteiger partial charge in [-0.2, -0.15) is 0 Å². The number of phenolic OH excluding ortho intramolecular Hbond substituents is 4. The van der Waals surface area contributed by atoms with Crippen molar-refractivity contribution in [2.75, 3.05) is 7.11 Å². The molecule has 0 saturated carbocycles. The number of ether oxygens (including phenoxy) is 1. The maximum Gasteiger partial charge on any atom is 0.202 e. The van der Waals surface area contributed by atoms with Gasteiger partial charge in [0.2, 0.25) is 5.75 Å². The van der Waals surface area contributed by atoms with E-state index in [4.69, 9.17) is 4.74 Å².